The van der Waals surface area contributed by atoms with E-state index in [4.69, 9.17) is 14.1 Å². The Labute approximate surface area is 145 Å². The lowest BCUT2D eigenvalue weighted by molar-refractivity contribution is 0.0855. The number of ether oxygens (including phenoxy) is 1. The van der Waals surface area contributed by atoms with E-state index in [-0.39, 0.29) is 12.0 Å². The zero-order valence-corrected chi connectivity index (χ0v) is 15.0. The summed E-state index contributed by atoms with van der Waals surface area (Å²) in [6.45, 7) is 6.08. The maximum atomic E-state index is 5.86. The molecule has 2 fully saturated rings. The van der Waals surface area contributed by atoms with E-state index < -0.39 is 0 Å². The van der Waals surface area contributed by atoms with Crippen LogP contribution in [-0.4, -0.2) is 39.3 Å². The highest BCUT2D eigenvalue weighted by atomic mass is 32.1. The molecule has 1 aliphatic heterocycles. The monoisotopic (exact) mass is 349 g/mol. The third kappa shape index (κ3) is 3.04. The summed E-state index contributed by atoms with van der Waals surface area (Å²) in [6, 6.07) is -0.0804. The largest absolute Gasteiger partial charge is 0.423 e. The molecule has 4 rings (SSSR count). The molecule has 1 saturated carbocycles. The van der Waals surface area contributed by atoms with Gasteiger partial charge in [-0.25, -0.2) is 4.98 Å². The molecule has 0 unspecified atom stereocenters. The van der Waals surface area contributed by atoms with Crippen molar-refractivity contribution in [1.29, 1.82) is 0 Å². The fourth-order valence-electron chi connectivity index (χ4n) is 3.34. The van der Waals surface area contributed by atoms with Crippen LogP contribution in [0.4, 0.5) is 5.13 Å². The third-order valence-electron chi connectivity index (χ3n) is 4.76. The Balaban J connectivity index is 1.57. The highest BCUT2D eigenvalue weighted by molar-refractivity contribution is 7.09. The number of rotatable bonds is 4. The Kier molecular flexibility index (Phi) is 4.49. The second kappa shape index (κ2) is 6.76. The topological polar surface area (TPSA) is 77.2 Å². The van der Waals surface area contributed by atoms with E-state index >= 15 is 0 Å². The molecule has 2 aliphatic rings. The molecule has 0 radical (unpaired) electrons. The highest BCUT2D eigenvalue weighted by Gasteiger charge is 2.32. The van der Waals surface area contributed by atoms with Gasteiger partial charge in [0.1, 0.15) is 11.9 Å². The molecule has 0 N–H and O–H groups in total. The van der Waals surface area contributed by atoms with Gasteiger partial charge in [0.15, 0.2) is 0 Å². The van der Waals surface area contributed by atoms with Gasteiger partial charge in [-0.1, -0.05) is 26.7 Å². The van der Waals surface area contributed by atoms with E-state index in [0.29, 0.717) is 30.9 Å². The van der Waals surface area contributed by atoms with Gasteiger partial charge in [-0.2, -0.15) is 4.37 Å². The second-order valence-electron chi connectivity index (χ2n) is 6.83. The van der Waals surface area contributed by atoms with Crippen molar-refractivity contribution in [3.63, 3.8) is 0 Å². The number of morpholine rings is 1. The molecule has 2 aromatic rings. The second-order valence-corrected chi connectivity index (χ2v) is 7.56. The smallest absolute Gasteiger partial charge is 0.241 e. The molecule has 7 nitrogen and oxygen atoms in total. The summed E-state index contributed by atoms with van der Waals surface area (Å²) >= 11 is 1.47. The fourth-order valence-corrected chi connectivity index (χ4v) is 4.17. The molecule has 0 aromatic carbocycles. The molecule has 0 bridgehead atoms. The molecule has 3 heterocycles. The van der Waals surface area contributed by atoms with Gasteiger partial charge in [0.25, 0.3) is 0 Å². The number of nitrogens with zero attached hydrogens (tertiary/aromatic N) is 5. The molecular weight excluding hydrogens is 326 g/mol. The Hall–Kier alpha value is -1.54. The maximum Gasteiger partial charge on any atom is 0.241 e. The lowest BCUT2D eigenvalue weighted by Crippen LogP contribution is -2.39. The first-order chi connectivity index (χ1) is 11.7. The van der Waals surface area contributed by atoms with Crippen molar-refractivity contribution >= 4 is 16.7 Å². The van der Waals surface area contributed by atoms with Crippen molar-refractivity contribution < 1.29 is 9.15 Å². The zero-order valence-electron chi connectivity index (χ0n) is 14.1. The molecule has 24 heavy (non-hydrogen) atoms. The van der Waals surface area contributed by atoms with Crippen molar-refractivity contribution in [2.24, 2.45) is 0 Å². The molecule has 1 saturated heterocycles. The summed E-state index contributed by atoms with van der Waals surface area (Å²) < 4.78 is 16.1. The van der Waals surface area contributed by atoms with Gasteiger partial charge in [-0.15, -0.1) is 10.2 Å². The number of anilines is 1. The molecular formula is C16H23N5O2S. The minimum absolute atomic E-state index is 0.0804. The summed E-state index contributed by atoms with van der Waals surface area (Å²) in [5, 5.41) is 9.33. The van der Waals surface area contributed by atoms with Crippen molar-refractivity contribution in [1.82, 2.24) is 19.6 Å². The molecule has 0 spiro atoms. The first-order valence-corrected chi connectivity index (χ1v) is 9.51. The zero-order chi connectivity index (χ0) is 16.5. The first-order valence-electron chi connectivity index (χ1n) is 8.73. The van der Waals surface area contributed by atoms with Gasteiger partial charge >= 0.3 is 0 Å². The van der Waals surface area contributed by atoms with E-state index in [2.05, 4.69) is 19.5 Å². The highest BCUT2D eigenvalue weighted by Crippen LogP contribution is 2.36. The van der Waals surface area contributed by atoms with Crippen molar-refractivity contribution in [2.45, 2.75) is 57.4 Å². The quantitative estimate of drug-likeness (QED) is 0.838. The average Bonchev–Trinajstić information content (AvgIpc) is 3.34. The molecule has 2 aromatic heterocycles. The van der Waals surface area contributed by atoms with Crippen molar-refractivity contribution in [2.75, 3.05) is 24.7 Å². The van der Waals surface area contributed by atoms with E-state index in [1.807, 2.05) is 13.8 Å². The summed E-state index contributed by atoms with van der Waals surface area (Å²) in [6.07, 6.45) is 5.01. The van der Waals surface area contributed by atoms with Gasteiger partial charge in [0.05, 0.1) is 13.2 Å². The van der Waals surface area contributed by atoms with Gasteiger partial charge in [-0.05, 0) is 12.8 Å². The van der Waals surface area contributed by atoms with Crippen LogP contribution in [0.2, 0.25) is 0 Å². The van der Waals surface area contributed by atoms with Gasteiger partial charge in [0.2, 0.25) is 16.9 Å². The summed E-state index contributed by atoms with van der Waals surface area (Å²) in [4.78, 5) is 7.03. The fraction of sp³-hybridized carbons (Fsp3) is 0.750. The molecule has 8 heteroatoms. The van der Waals surface area contributed by atoms with E-state index in [9.17, 15) is 0 Å². The summed E-state index contributed by atoms with van der Waals surface area (Å²) in [5.74, 6) is 3.03. The molecule has 0 amide bonds. The van der Waals surface area contributed by atoms with Crippen LogP contribution >= 0.6 is 11.5 Å². The number of aromatic nitrogens is 4. The Morgan fingerprint density at radius 2 is 2.04 bits per heavy atom. The summed E-state index contributed by atoms with van der Waals surface area (Å²) in [7, 11) is 0. The van der Waals surface area contributed by atoms with E-state index in [1.54, 1.807) is 0 Å². The predicted octanol–water partition coefficient (Wildman–Crippen LogP) is 3.28. The standard InChI is InChI=1S/C16H23N5O2S/c1-10(2)14-18-19-15(23-14)12-9-22-8-7-21(12)16-17-13(20-24-16)11-5-3-4-6-11/h10-12H,3-9H2,1-2H3/t12-/m1/s1. The van der Waals surface area contributed by atoms with E-state index in [0.717, 1.165) is 17.5 Å². The Bertz CT molecular complexity index is 680. The SMILES string of the molecule is CC(C)c1nnc([C@H]2COCCN2c2nc(C3CCCC3)ns2)o1. The van der Waals surface area contributed by atoms with Crippen LogP contribution in [0, 0.1) is 0 Å². The van der Waals surface area contributed by atoms with Crippen LogP contribution in [0.25, 0.3) is 0 Å². The minimum Gasteiger partial charge on any atom is -0.423 e. The van der Waals surface area contributed by atoms with Gasteiger partial charge < -0.3 is 14.1 Å². The maximum absolute atomic E-state index is 5.86. The Morgan fingerprint density at radius 1 is 1.21 bits per heavy atom. The van der Waals surface area contributed by atoms with Crippen LogP contribution in [0.15, 0.2) is 4.42 Å². The molecule has 130 valence electrons. The third-order valence-corrected chi connectivity index (χ3v) is 5.53. The van der Waals surface area contributed by atoms with Crippen LogP contribution in [-0.2, 0) is 4.74 Å². The van der Waals surface area contributed by atoms with Crippen molar-refractivity contribution in [3.05, 3.63) is 17.6 Å². The van der Waals surface area contributed by atoms with Gasteiger partial charge in [0, 0.05) is 29.9 Å². The molecule has 1 aliphatic carbocycles. The summed E-state index contributed by atoms with van der Waals surface area (Å²) in [5.41, 5.74) is 0. The lowest BCUT2D eigenvalue weighted by atomic mass is 10.1. The average molecular weight is 349 g/mol. The molecule has 1 atom stereocenters. The lowest BCUT2D eigenvalue weighted by Gasteiger charge is -2.32. The van der Waals surface area contributed by atoms with E-state index in [1.165, 1.54) is 37.2 Å². The van der Waals surface area contributed by atoms with Crippen LogP contribution in [0.1, 0.15) is 75.0 Å². The van der Waals surface area contributed by atoms with Crippen LogP contribution < -0.4 is 4.90 Å². The van der Waals surface area contributed by atoms with Crippen LogP contribution in [0.3, 0.4) is 0 Å². The number of hydrogen-bond acceptors (Lipinski definition) is 8. The van der Waals surface area contributed by atoms with Gasteiger partial charge in [-0.3, -0.25) is 0 Å². The number of hydrogen-bond donors (Lipinski definition) is 0. The van der Waals surface area contributed by atoms with Crippen molar-refractivity contribution in [3.8, 4) is 0 Å². The minimum atomic E-state index is -0.0804. The first kappa shape index (κ1) is 16.0. The predicted molar refractivity (Wildman–Crippen MR) is 90.4 cm³/mol. The van der Waals surface area contributed by atoms with Crippen LogP contribution in [0.5, 0.6) is 0 Å². The Morgan fingerprint density at radius 3 is 2.79 bits per heavy atom. The normalized spacial score (nSPS) is 22.6.